The third kappa shape index (κ3) is 2.20. The molecule has 2 rings (SSSR count). The van der Waals surface area contributed by atoms with Crippen LogP contribution in [0.3, 0.4) is 0 Å². The summed E-state index contributed by atoms with van der Waals surface area (Å²) < 4.78 is 5.41. The van der Waals surface area contributed by atoms with Crippen molar-refractivity contribution >= 4 is 17.0 Å². The van der Waals surface area contributed by atoms with Crippen LogP contribution in [0.2, 0.25) is 0 Å². The Morgan fingerprint density at radius 1 is 1.56 bits per heavy atom. The molecule has 1 amide bonds. The Balaban J connectivity index is 2.16. The van der Waals surface area contributed by atoms with E-state index in [1.807, 2.05) is 25.1 Å². The Labute approximate surface area is 92.6 Å². The zero-order chi connectivity index (χ0) is 11.5. The van der Waals surface area contributed by atoms with Gasteiger partial charge in [-0.3, -0.25) is 10.2 Å². The molecule has 5 heteroatoms. The molecule has 5 nitrogen and oxygen atoms in total. The summed E-state index contributed by atoms with van der Waals surface area (Å²) in [5, 5.41) is 0. The first kappa shape index (κ1) is 10.6. The number of carbonyl (C=O) groups is 1. The van der Waals surface area contributed by atoms with Crippen molar-refractivity contribution in [2.45, 2.75) is 19.8 Å². The van der Waals surface area contributed by atoms with Crippen molar-refractivity contribution in [2.24, 2.45) is 5.84 Å². The number of carbonyl (C=O) groups excluding carboxylic acids is 1. The number of oxazole rings is 1. The van der Waals surface area contributed by atoms with Crippen LogP contribution in [-0.2, 0) is 11.2 Å². The molecule has 16 heavy (non-hydrogen) atoms. The minimum Gasteiger partial charge on any atom is -0.441 e. The highest BCUT2D eigenvalue weighted by atomic mass is 16.3. The second-order valence-electron chi connectivity index (χ2n) is 3.60. The van der Waals surface area contributed by atoms with E-state index >= 15 is 0 Å². The third-order valence-electron chi connectivity index (χ3n) is 2.36. The van der Waals surface area contributed by atoms with Gasteiger partial charge < -0.3 is 4.42 Å². The first-order valence-electron chi connectivity index (χ1n) is 5.04. The van der Waals surface area contributed by atoms with Gasteiger partial charge in [0, 0.05) is 13.3 Å². The van der Waals surface area contributed by atoms with E-state index in [1.54, 1.807) is 0 Å². The summed E-state index contributed by atoms with van der Waals surface area (Å²) in [6, 6.07) is 5.73. The van der Waals surface area contributed by atoms with Gasteiger partial charge in [-0.2, -0.15) is 0 Å². The van der Waals surface area contributed by atoms with Crippen LogP contribution in [0.5, 0.6) is 0 Å². The highest BCUT2D eigenvalue weighted by Gasteiger charge is 2.04. The monoisotopic (exact) mass is 219 g/mol. The second kappa shape index (κ2) is 4.32. The standard InChI is InChI=1S/C11H13N3O2/c1-7-13-9-4-2-8(6-10(9)16-7)3-5-11(15)14-12/h2,4,6H,3,5,12H2,1H3,(H,14,15). The van der Waals surface area contributed by atoms with Gasteiger partial charge in [-0.1, -0.05) is 6.07 Å². The first-order valence-corrected chi connectivity index (χ1v) is 5.04. The average Bonchev–Trinajstić information content (AvgIpc) is 2.65. The second-order valence-corrected chi connectivity index (χ2v) is 3.60. The number of nitrogens with one attached hydrogen (secondary N) is 1. The van der Waals surface area contributed by atoms with Crippen LogP contribution in [-0.4, -0.2) is 10.9 Å². The molecule has 0 bridgehead atoms. The fourth-order valence-electron chi connectivity index (χ4n) is 1.57. The van der Waals surface area contributed by atoms with Crippen molar-refractivity contribution in [3.05, 3.63) is 29.7 Å². The van der Waals surface area contributed by atoms with Crippen LogP contribution in [0.1, 0.15) is 17.9 Å². The lowest BCUT2D eigenvalue weighted by molar-refractivity contribution is -0.121. The predicted octanol–water partition coefficient (Wildman–Crippen LogP) is 1.06. The highest BCUT2D eigenvalue weighted by molar-refractivity contribution is 5.76. The van der Waals surface area contributed by atoms with Crippen LogP contribution >= 0.6 is 0 Å². The predicted molar refractivity (Wildman–Crippen MR) is 59.4 cm³/mol. The number of aromatic nitrogens is 1. The lowest BCUT2D eigenvalue weighted by Gasteiger charge is -2.00. The molecule has 0 unspecified atom stereocenters. The maximum absolute atomic E-state index is 11.0. The fraction of sp³-hybridized carbons (Fsp3) is 0.273. The third-order valence-corrected chi connectivity index (χ3v) is 2.36. The Bertz CT molecular complexity index is 519. The summed E-state index contributed by atoms with van der Waals surface area (Å²) in [6.45, 7) is 1.81. The number of aryl methyl sites for hydroxylation is 2. The number of benzene rings is 1. The minimum atomic E-state index is -0.172. The maximum atomic E-state index is 11.0. The quantitative estimate of drug-likeness (QED) is 0.459. The number of nitrogens with two attached hydrogens (primary N) is 1. The smallest absolute Gasteiger partial charge is 0.234 e. The first-order chi connectivity index (χ1) is 7.69. The van der Waals surface area contributed by atoms with E-state index in [0.717, 1.165) is 16.7 Å². The van der Waals surface area contributed by atoms with Crippen LogP contribution < -0.4 is 11.3 Å². The molecule has 2 aromatic rings. The van der Waals surface area contributed by atoms with Gasteiger partial charge in [-0.25, -0.2) is 10.8 Å². The van der Waals surface area contributed by atoms with Gasteiger partial charge >= 0.3 is 0 Å². The molecule has 1 aromatic heterocycles. The average molecular weight is 219 g/mol. The SMILES string of the molecule is Cc1nc2ccc(CCC(=O)NN)cc2o1. The van der Waals surface area contributed by atoms with Crippen LogP contribution in [0, 0.1) is 6.92 Å². The number of hydrazine groups is 1. The Morgan fingerprint density at radius 2 is 2.38 bits per heavy atom. The topological polar surface area (TPSA) is 81.2 Å². The van der Waals surface area contributed by atoms with Crippen LogP contribution in [0.25, 0.3) is 11.1 Å². The summed E-state index contributed by atoms with van der Waals surface area (Å²) in [5.74, 6) is 5.47. The van der Waals surface area contributed by atoms with E-state index in [-0.39, 0.29) is 5.91 Å². The molecule has 3 N–H and O–H groups in total. The molecular formula is C11H13N3O2. The summed E-state index contributed by atoms with van der Waals surface area (Å²) in [5.41, 5.74) is 4.73. The van der Waals surface area contributed by atoms with E-state index in [4.69, 9.17) is 10.3 Å². The van der Waals surface area contributed by atoms with E-state index in [2.05, 4.69) is 10.4 Å². The molecule has 0 atom stereocenters. The van der Waals surface area contributed by atoms with Crippen molar-refractivity contribution in [3.63, 3.8) is 0 Å². The molecular weight excluding hydrogens is 206 g/mol. The van der Waals surface area contributed by atoms with E-state index < -0.39 is 0 Å². The van der Waals surface area contributed by atoms with Crippen molar-refractivity contribution in [3.8, 4) is 0 Å². The molecule has 84 valence electrons. The van der Waals surface area contributed by atoms with Crippen molar-refractivity contribution in [1.29, 1.82) is 0 Å². The number of rotatable bonds is 3. The van der Waals surface area contributed by atoms with Gasteiger partial charge in [0.15, 0.2) is 11.5 Å². The van der Waals surface area contributed by atoms with Crippen molar-refractivity contribution < 1.29 is 9.21 Å². The lowest BCUT2D eigenvalue weighted by atomic mass is 10.1. The van der Waals surface area contributed by atoms with Gasteiger partial charge in [0.2, 0.25) is 5.91 Å². The molecule has 1 heterocycles. The van der Waals surface area contributed by atoms with E-state index in [1.165, 1.54) is 0 Å². The summed E-state index contributed by atoms with van der Waals surface area (Å²) >= 11 is 0. The fourth-order valence-corrected chi connectivity index (χ4v) is 1.57. The summed E-state index contributed by atoms with van der Waals surface area (Å²) in [7, 11) is 0. The zero-order valence-corrected chi connectivity index (χ0v) is 8.99. The maximum Gasteiger partial charge on any atom is 0.234 e. The molecule has 0 saturated carbocycles. The van der Waals surface area contributed by atoms with Gasteiger partial charge in [-0.15, -0.1) is 0 Å². The van der Waals surface area contributed by atoms with Gasteiger partial charge in [0.05, 0.1) is 0 Å². The summed E-state index contributed by atoms with van der Waals surface area (Å²) in [6.07, 6.45) is 1.01. The summed E-state index contributed by atoms with van der Waals surface area (Å²) in [4.78, 5) is 15.2. The van der Waals surface area contributed by atoms with Gasteiger partial charge in [-0.05, 0) is 24.1 Å². The molecule has 0 fully saturated rings. The molecule has 0 aliphatic heterocycles. The van der Waals surface area contributed by atoms with Crippen LogP contribution in [0.15, 0.2) is 22.6 Å². The van der Waals surface area contributed by atoms with Gasteiger partial charge in [0.1, 0.15) is 5.52 Å². The number of fused-ring (bicyclic) bond motifs is 1. The molecule has 0 saturated heterocycles. The van der Waals surface area contributed by atoms with Gasteiger partial charge in [0.25, 0.3) is 0 Å². The van der Waals surface area contributed by atoms with Crippen LogP contribution in [0.4, 0.5) is 0 Å². The van der Waals surface area contributed by atoms with Crippen molar-refractivity contribution in [2.75, 3.05) is 0 Å². The number of hydrogen-bond acceptors (Lipinski definition) is 4. The lowest BCUT2D eigenvalue weighted by Crippen LogP contribution is -2.30. The number of amides is 1. The zero-order valence-electron chi connectivity index (χ0n) is 8.99. The van der Waals surface area contributed by atoms with E-state index in [0.29, 0.717) is 18.7 Å². The number of nitrogens with zero attached hydrogens (tertiary/aromatic N) is 1. The molecule has 0 spiro atoms. The normalized spacial score (nSPS) is 10.6. The van der Waals surface area contributed by atoms with Crippen molar-refractivity contribution in [1.82, 2.24) is 10.4 Å². The molecule has 0 aliphatic rings. The van der Waals surface area contributed by atoms with E-state index in [9.17, 15) is 4.79 Å². The Hall–Kier alpha value is -1.88. The highest BCUT2D eigenvalue weighted by Crippen LogP contribution is 2.17. The Morgan fingerprint density at radius 3 is 3.12 bits per heavy atom. The molecule has 0 aliphatic carbocycles. The number of hydrogen-bond donors (Lipinski definition) is 2. The minimum absolute atomic E-state index is 0.172. The largest absolute Gasteiger partial charge is 0.441 e. The molecule has 1 aromatic carbocycles. The molecule has 0 radical (unpaired) electrons. The Kier molecular flexibility index (Phi) is 2.87.